The van der Waals surface area contributed by atoms with Gasteiger partial charge in [-0.1, -0.05) is 85.0 Å². The molecule has 1 aromatic rings. The van der Waals surface area contributed by atoms with Gasteiger partial charge in [-0.25, -0.2) is 0 Å². The minimum atomic E-state index is -1.09. The number of halogens is 1. The molecule has 1 aromatic carbocycles. The van der Waals surface area contributed by atoms with Crippen LogP contribution in [0, 0.1) is 45.8 Å². The Labute approximate surface area is 307 Å². The van der Waals surface area contributed by atoms with E-state index in [0.29, 0.717) is 54.1 Å². The number of carbonyl (C=O) groups is 2. The molecule has 5 aliphatic rings. The van der Waals surface area contributed by atoms with Crippen molar-refractivity contribution in [3.05, 3.63) is 34.9 Å². The molecule has 4 aliphatic carbocycles. The van der Waals surface area contributed by atoms with E-state index in [2.05, 4.69) is 26.1 Å². The van der Waals surface area contributed by atoms with Gasteiger partial charge in [-0.3, -0.25) is 9.59 Å². The largest absolute Gasteiger partial charge is 0.384 e. The molecule has 1 unspecified atom stereocenters. The Morgan fingerprint density at radius 2 is 1.64 bits per heavy atom. The van der Waals surface area contributed by atoms with Crippen molar-refractivity contribution in [1.29, 1.82) is 0 Å². The number of nitrogens with zero attached hydrogens (tertiary/aromatic N) is 1. The highest BCUT2D eigenvalue weighted by Crippen LogP contribution is 2.70. The second-order valence-electron chi connectivity index (χ2n) is 19.2. The van der Waals surface area contributed by atoms with Crippen molar-refractivity contribution >= 4 is 23.4 Å². The predicted octanol–water partition coefficient (Wildman–Crippen LogP) is 7.55. The zero-order valence-corrected chi connectivity index (χ0v) is 32.9. The van der Waals surface area contributed by atoms with Gasteiger partial charge in [-0.15, -0.1) is 0 Å². The van der Waals surface area contributed by atoms with Gasteiger partial charge >= 0.3 is 0 Å². The van der Waals surface area contributed by atoms with Crippen LogP contribution in [0.5, 0.6) is 0 Å². The Kier molecular flexibility index (Phi) is 10.1. The Hall–Kier alpha value is -1.67. The van der Waals surface area contributed by atoms with E-state index >= 15 is 0 Å². The Balaban J connectivity index is 1.08. The summed E-state index contributed by atoms with van der Waals surface area (Å²) < 4.78 is 0. The molecule has 2 amide bonds. The molecule has 1 saturated heterocycles. The maximum atomic E-state index is 14.0. The van der Waals surface area contributed by atoms with Crippen molar-refractivity contribution in [2.75, 3.05) is 13.1 Å². The highest BCUT2D eigenvalue weighted by Gasteiger charge is 2.71. The summed E-state index contributed by atoms with van der Waals surface area (Å²) in [6, 6.07) is 6.74. The van der Waals surface area contributed by atoms with Crippen molar-refractivity contribution in [3.8, 4) is 0 Å². The highest BCUT2D eigenvalue weighted by molar-refractivity contribution is 6.30. The number of hydrogen-bond donors (Lipinski definition) is 4. The average Bonchev–Trinajstić information content (AvgIpc) is 3.35. The van der Waals surface area contributed by atoms with Gasteiger partial charge in [-0.2, -0.15) is 0 Å². The second-order valence-corrected chi connectivity index (χ2v) is 19.7. The van der Waals surface area contributed by atoms with Crippen LogP contribution in [0.1, 0.15) is 138 Å². The third-order valence-corrected chi connectivity index (χ3v) is 16.3. The van der Waals surface area contributed by atoms with Gasteiger partial charge in [0.1, 0.15) is 6.04 Å². The van der Waals surface area contributed by atoms with Crippen molar-refractivity contribution in [1.82, 2.24) is 10.2 Å². The van der Waals surface area contributed by atoms with Gasteiger partial charge in [0.15, 0.2) is 0 Å². The van der Waals surface area contributed by atoms with E-state index in [0.717, 1.165) is 43.6 Å². The van der Waals surface area contributed by atoms with Crippen molar-refractivity contribution in [3.63, 3.8) is 0 Å². The van der Waals surface area contributed by atoms with Crippen LogP contribution >= 0.6 is 11.6 Å². The molecule has 5 fully saturated rings. The summed E-state index contributed by atoms with van der Waals surface area (Å²) in [4.78, 5) is 29.4. The lowest BCUT2D eigenvalue weighted by atomic mass is 9.39. The molecule has 10 atom stereocenters. The van der Waals surface area contributed by atoms with E-state index in [9.17, 15) is 14.7 Å². The summed E-state index contributed by atoms with van der Waals surface area (Å²) in [5, 5.41) is 15.6. The number of rotatable bonds is 8. The van der Waals surface area contributed by atoms with Crippen LogP contribution in [0.2, 0.25) is 5.02 Å². The molecule has 7 nitrogen and oxygen atoms in total. The first kappa shape index (κ1) is 38.1. The lowest BCUT2D eigenvalue weighted by molar-refractivity contribution is -0.156. The van der Waals surface area contributed by atoms with Gasteiger partial charge in [0.25, 0.3) is 0 Å². The molecule has 8 heteroatoms. The number of carbonyl (C=O) groups excluding carboxylic acids is 2. The lowest BCUT2D eigenvalue weighted by Crippen LogP contribution is -2.80. The molecule has 4 saturated carbocycles. The van der Waals surface area contributed by atoms with Crippen LogP contribution in [0.3, 0.4) is 0 Å². The number of benzene rings is 1. The fourth-order valence-electron chi connectivity index (χ4n) is 12.8. The molecule has 1 aliphatic heterocycles. The summed E-state index contributed by atoms with van der Waals surface area (Å²) in [7, 11) is 0. The molecular weight excluding hydrogens is 644 g/mol. The van der Waals surface area contributed by atoms with Gasteiger partial charge in [-0.05, 0) is 122 Å². The molecule has 0 aromatic heterocycles. The molecule has 50 heavy (non-hydrogen) atoms. The fraction of sp³-hybridized carbons (Fsp3) is 0.810. The number of nitrogens with two attached hydrogens (primary N) is 2. The molecule has 0 bridgehead atoms. The maximum Gasteiger partial charge on any atom is 0.245 e. The Morgan fingerprint density at radius 1 is 0.940 bits per heavy atom. The quantitative estimate of drug-likeness (QED) is 0.222. The van der Waals surface area contributed by atoms with Crippen molar-refractivity contribution < 1.29 is 14.7 Å². The summed E-state index contributed by atoms with van der Waals surface area (Å²) in [6.07, 6.45) is 13.5. The summed E-state index contributed by atoms with van der Waals surface area (Å²) in [5.41, 5.74) is 14.0. The number of likely N-dealkylation sites (tertiary alicyclic amines) is 1. The van der Waals surface area contributed by atoms with E-state index in [-0.39, 0.29) is 34.2 Å². The standard InChI is InChI=1S/C42H67ClN4O3/c1-27(2)35(36(49)47-25-24-41(50,37(4,5)26-47)30-12-14-31(43)15-13-30)46-34(48)16-11-28(3)32-18-23-42(45)39(32,7)21-19-33-38(6)20-9-8-10-29(38)17-22-40(33,42)44/h12-15,27-29,32-33,35,50H,8-11,16-26,44-45H2,1-7H3,(H,46,48)/t28-,29+,32?,33-,35+,38-,39+,40+,41-,42-/m0/s1. The molecule has 0 radical (unpaired) electrons. The normalized spacial score (nSPS) is 40.7. The molecular formula is C42H67ClN4O3. The number of piperidine rings is 1. The van der Waals surface area contributed by atoms with Gasteiger partial charge in [0.2, 0.25) is 11.8 Å². The molecule has 280 valence electrons. The van der Waals surface area contributed by atoms with Crippen LogP contribution in [0.4, 0.5) is 0 Å². The van der Waals surface area contributed by atoms with E-state index in [1.807, 2.05) is 44.7 Å². The molecule has 6 rings (SSSR count). The highest BCUT2D eigenvalue weighted by atomic mass is 35.5. The first-order valence-corrected chi connectivity index (χ1v) is 20.4. The predicted molar refractivity (Wildman–Crippen MR) is 202 cm³/mol. The summed E-state index contributed by atoms with van der Waals surface area (Å²) in [5.74, 6) is 1.84. The van der Waals surface area contributed by atoms with Crippen LogP contribution in [0.15, 0.2) is 24.3 Å². The second kappa shape index (κ2) is 13.3. The van der Waals surface area contributed by atoms with Crippen LogP contribution in [-0.4, -0.2) is 52.0 Å². The van der Waals surface area contributed by atoms with Crippen LogP contribution in [-0.2, 0) is 15.2 Å². The number of fused-ring (bicyclic) bond motifs is 5. The van der Waals surface area contributed by atoms with E-state index in [4.69, 9.17) is 23.1 Å². The zero-order valence-electron chi connectivity index (χ0n) is 32.1. The van der Waals surface area contributed by atoms with Crippen LogP contribution in [0.25, 0.3) is 0 Å². The van der Waals surface area contributed by atoms with Gasteiger partial charge in [0, 0.05) is 41.0 Å². The monoisotopic (exact) mass is 710 g/mol. The Morgan fingerprint density at radius 3 is 2.30 bits per heavy atom. The van der Waals surface area contributed by atoms with Gasteiger partial charge < -0.3 is 26.8 Å². The number of amides is 2. The molecule has 1 heterocycles. The fourth-order valence-corrected chi connectivity index (χ4v) is 12.9. The average molecular weight is 711 g/mol. The first-order chi connectivity index (χ1) is 23.3. The van der Waals surface area contributed by atoms with E-state index in [1.54, 1.807) is 12.1 Å². The third kappa shape index (κ3) is 5.87. The van der Waals surface area contributed by atoms with Gasteiger partial charge in [0.05, 0.1) is 5.60 Å². The zero-order chi connectivity index (χ0) is 36.5. The number of hydrogen-bond acceptors (Lipinski definition) is 5. The third-order valence-electron chi connectivity index (χ3n) is 16.1. The lowest BCUT2D eigenvalue weighted by Gasteiger charge is -2.69. The Bertz CT molecular complexity index is 1430. The minimum absolute atomic E-state index is 0.0442. The van der Waals surface area contributed by atoms with Crippen molar-refractivity contribution in [2.45, 2.75) is 155 Å². The number of nitrogens with one attached hydrogen (secondary N) is 1. The van der Waals surface area contributed by atoms with E-state index in [1.165, 1.54) is 38.5 Å². The summed E-state index contributed by atoms with van der Waals surface area (Å²) >= 11 is 6.12. The topological polar surface area (TPSA) is 122 Å². The minimum Gasteiger partial charge on any atom is -0.384 e. The van der Waals surface area contributed by atoms with Crippen LogP contribution < -0.4 is 16.8 Å². The van der Waals surface area contributed by atoms with Crippen molar-refractivity contribution in [2.24, 2.45) is 57.3 Å². The smallest absolute Gasteiger partial charge is 0.245 e. The SMILES string of the molecule is CC(C)[C@@H](NC(=O)CC[C@H](C)C1CC[C@@]2(N)[C@@]3(N)CC[C@H]4CCCC[C@]4(C)[C@@H]3CC[C@]12C)C(=O)N1CC[C@](O)(c2ccc(Cl)cc2)C(C)(C)C1. The first-order valence-electron chi connectivity index (χ1n) is 20.0. The number of aliphatic hydroxyl groups is 1. The molecule has 0 spiro atoms. The summed E-state index contributed by atoms with van der Waals surface area (Å²) in [6.45, 7) is 16.1. The van der Waals surface area contributed by atoms with E-state index < -0.39 is 17.1 Å². The maximum absolute atomic E-state index is 14.0. The molecule has 6 N–H and O–H groups in total.